The van der Waals surface area contributed by atoms with Crippen molar-refractivity contribution in [2.45, 2.75) is 19.9 Å². The Kier molecular flexibility index (Phi) is 5.44. The second-order valence-electron chi connectivity index (χ2n) is 5.10. The zero-order valence-electron chi connectivity index (χ0n) is 11.2. The number of benzene rings is 1. The van der Waals surface area contributed by atoms with E-state index in [1.54, 1.807) is 0 Å². The normalized spacial score (nSPS) is 15.3. The zero-order chi connectivity index (χ0) is 13.0. The first-order valence-electron chi connectivity index (χ1n) is 6.09. The lowest BCUT2D eigenvalue weighted by molar-refractivity contribution is 0.175. The number of nitrogens with zero attached hydrogens (tertiary/aromatic N) is 1. The summed E-state index contributed by atoms with van der Waals surface area (Å²) in [6.07, 6.45) is 0. The molecule has 0 aliphatic carbocycles. The fourth-order valence-electron chi connectivity index (χ4n) is 2.35. The molecular weight excluding hydrogens is 232 g/mol. The predicted octanol–water partition coefficient (Wildman–Crippen LogP) is 3.17. The minimum Gasteiger partial charge on any atom is -0.330 e. The second-order valence-corrected chi connectivity index (χ2v) is 5.54. The van der Waals surface area contributed by atoms with E-state index in [2.05, 4.69) is 45.0 Å². The third-order valence-corrected chi connectivity index (χ3v) is 3.55. The molecule has 0 saturated heterocycles. The highest BCUT2D eigenvalue weighted by molar-refractivity contribution is 6.30. The van der Waals surface area contributed by atoms with Crippen LogP contribution < -0.4 is 5.73 Å². The second kappa shape index (κ2) is 6.39. The van der Waals surface area contributed by atoms with Gasteiger partial charge in [-0.15, -0.1) is 0 Å². The Bertz CT molecular complexity index is 333. The molecule has 0 saturated carbocycles. The molecule has 0 amide bonds. The molecule has 2 atom stereocenters. The Balaban J connectivity index is 3.03. The molecule has 0 aliphatic rings. The van der Waals surface area contributed by atoms with Gasteiger partial charge in [0.15, 0.2) is 0 Å². The van der Waals surface area contributed by atoms with Crippen molar-refractivity contribution in [2.75, 3.05) is 20.6 Å². The summed E-state index contributed by atoms with van der Waals surface area (Å²) in [6, 6.07) is 8.43. The molecule has 2 unspecified atom stereocenters. The number of hydrogen-bond donors (Lipinski definition) is 1. The molecule has 2 nitrogen and oxygen atoms in total. The topological polar surface area (TPSA) is 29.3 Å². The van der Waals surface area contributed by atoms with Gasteiger partial charge in [0.2, 0.25) is 0 Å². The molecule has 0 spiro atoms. The van der Waals surface area contributed by atoms with Crippen molar-refractivity contribution in [1.29, 1.82) is 0 Å². The van der Waals surface area contributed by atoms with E-state index in [4.69, 9.17) is 17.3 Å². The summed E-state index contributed by atoms with van der Waals surface area (Å²) >= 11 is 5.93. The fraction of sp³-hybridized carbons (Fsp3) is 0.571. The number of hydrogen-bond acceptors (Lipinski definition) is 2. The van der Waals surface area contributed by atoms with Crippen LogP contribution in [0.5, 0.6) is 0 Å². The van der Waals surface area contributed by atoms with Gasteiger partial charge in [-0.3, -0.25) is 0 Å². The maximum absolute atomic E-state index is 5.93. The number of nitrogens with two attached hydrogens (primary N) is 1. The van der Waals surface area contributed by atoms with E-state index < -0.39 is 0 Å². The van der Waals surface area contributed by atoms with Crippen LogP contribution in [0.25, 0.3) is 0 Å². The monoisotopic (exact) mass is 254 g/mol. The molecule has 0 radical (unpaired) electrons. The first-order valence-corrected chi connectivity index (χ1v) is 6.47. The zero-order valence-corrected chi connectivity index (χ0v) is 11.9. The van der Waals surface area contributed by atoms with Gasteiger partial charge >= 0.3 is 0 Å². The smallest absolute Gasteiger partial charge is 0.0406 e. The standard InChI is InChI=1S/C14H23ClN2/c1-10(2)13(9-16)14(17(3)4)11-5-7-12(15)8-6-11/h5-8,10,13-14H,9,16H2,1-4H3. The van der Waals surface area contributed by atoms with Crippen LogP contribution in [-0.4, -0.2) is 25.5 Å². The van der Waals surface area contributed by atoms with Crippen molar-refractivity contribution in [3.63, 3.8) is 0 Å². The van der Waals surface area contributed by atoms with Crippen molar-refractivity contribution in [3.05, 3.63) is 34.9 Å². The largest absolute Gasteiger partial charge is 0.330 e. The average molecular weight is 255 g/mol. The Morgan fingerprint density at radius 3 is 2.06 bits per heavy atom. The van der Waals surface area contributed by atoms with E-state index in [0.29, 0.717) is 24.4 Å². The van der Waals surface area contributed by atoms with Crippen LogP contribution in [0, 0.1) is 11.8 Å². The van der Waals surface area contributed by atoms with Gasteiger partial charge in [-0.05, 0) is 50.2 Å². The van der Waals surface area contributed by atoms with Gasteiger partial charge in [-0.25, -0.2) is 0 Å². The highest BCUT2D eigenvalue weighted by atomic mass is 35.5. The van der Waals surface area contributed by atoms with Gasteiger partial charge < -0.3 is 10.6 Å². The van der Waals surface area contributed by atoms with Gasteiger partial charge in [-0.1, -0.05) is 37.6 Å². The molecule has 1 aromatic rings. The maximum Gasteiger partial charge on any atom is 0.0406 e. The molecule has 1 aromatic carbocycles. The molecule has 0 aliphatic heterocycles. The summed E-state index contributed by atoms with van der Waals surface area (Å²) in [5.41, 5.74) is 7.21. The lowest BCUT2D eigenvalue weighted by Crippen LogP contribution is -2.35. The molecule has 0 heterocycles. The number of rotatable bonds is 5. The molecular formula is C14H23ClN2. The first kappa shape index (κ1) is 14.5. The van der Waals surface area contributed by atoms with Gasteiger partial charge in [0.05, 0.1) is 0 Å². The summed E-state index contributed by atoms with van der Waals surface area (Å²) < 4.78 is 0. The quantitative estimate of drug-likeness (QED) is 0.875. The summed E-state index contributed by atoms with van der Waals surface area (Å²) in [4.78, 5) is 2.24. The SMILES string of the molecule is CC(C)C(CN)C(c1ccc(Cl)cc1)N(C)C. The van der Waals surface area contributed by atoms with Crippen LogP contribution >= 0.6 is 11.6 Å². The Hall–Kier alpha value is -0.570. The lowest BCUT2D eigenvalue weighted by atomic mass is 9.84. The van der Waals surface area contributed by atoms with E-state index >= 15 is 0 Å². The van der Waals surface area contributed by atoms with Crippen molar-refractivity contribution < 1.29 is 0 Å². The van der Waals surface area contributed by atoms with Crippen molar-refractivity contribution in [1.82, 2.24) is 4.90 Å². The molecule has 17 heavy (non-hydrogen) atoms. The number of halogens is 1. The third kappa shape index (κ3) is 3.70. The van der Waals surface area contributed by atoms with Gasteiger partial charge in [0.1, 0.15) is 0 Å². The molecule has 96 valence electrons. The van der Waals surface area contributed by atoms with Crippen LogP contribution in [0.4, 0.5) is 0 Å². The molecule has 0 fully saturated rings. The van der Waals surface area contributed by atoms with Crippen LogP contribution in [0.1, 0.15) is 25.5 Å². The third-order valence-electron chi connectivity index (χ3n) is 3.30. The Morgan fingerprint density at radius 2 is 1.71 bits per heavy atom. The van der Waals surface area contributed by atoms with Gasteiger partial charge in [0.25, 0.3) is 0 Å². The highest BCUT2D eigenvalue weighted by Gasteiger charge is 2.26. The van der Waals surface area contributed by atoms with E-state index in [0.717, 1.165) is 5.02 Å². The minimum atomic E-state index is 0.345. The first-order chi connectivity index (χ1) is 7.97. The van der Waals surface area contributed by atoms with E-state index in [-0.39, 0.29) is 0 Å². The lowest BCUT2D eigenvalue weighted by Gasteiger charge is -2.34. The molecule has 0 aromatic heterocycles. The molecule has 1 rings (SSSR count). The summed E-state index contributed by atoms with van der Waals surface area (Å²) in [5, 5.41) is 0.778. The highest BCUT2D eigenvalue weighted by Crippen LogP contribution is 2.31. The maximum atomic E-state index is 5.93. The van der Waals surface area contributed by atoms with Crippen molar-refractivity contribution in [3.8, 4) is 0 Å². The van der Waals surface area contributed by atoms with Gasteiger partial charge in [-0.2, -0.15) is 0 Å². The van der Waals surface area contributed by atoms with E-state index in [9.17, 15) is 0 Å². The van der Waals surface area contributed by atoms with Crippen LogP contribution in [0.3, 0.4) is 0 Å². The summed E-state index contributed by atoms with van der Waals surface area (Å²) in [7, 11) is 4.20. The average Bonchev–Trinajstić information content (AvgIpc) is 2.26. The van der Waals surface area contributed by atoms with E-state index in [1.807, 2.05) is 12.1 Å². The fourth-order valence-corrected chi connectivity index (χ4v) is 2.48. The summed E-state index contributed by atoms with van der Waals surface area (Å²) in [5.74, 6) is 1.01. The Labute approximate surface area is 110 Å². The van der Waals surface area contributed by atoms with Crippen LogP contribution in [0.15, 0.2) is 24.3 Å². The predicted molar refractivity (Wildman–Crippen MR) is 75.3 cm³/mol. The Morgan fingerprint density at radius 1 is 1.18 bits per heavy atom. The minimum absolute atomic E-state index is 0.345. The van der Waals surface area contributed by atoms with E-state index in [1.165, 1.54) is 5.56 Å². The van der Waals surface area contributed by atoms with Crippen LogP contribution in [0.2, 0.25) is 5.02 Å². The van der Waals surface area contributed by atoms with Crippen molar-refractivity contribution >= 4 is 11.6 Å². The molecule has 0 bridgehead atoms. The molecule has 2 N–H and O–H groups in total. The van der Waals surface area contributed by atoms with Gasteiger partial charge in [0, 0.05) is 11.1 Å². The molecule has 3 heteroatoms. The summed E-state index contributed by atoms with van der Waals surface area (Å²) in [6.45, 7) is 5.15. The van der Waals surface area contributed by atoms with Crippen LogP contribution in [-0.2, 0) is 0 Å². The van der Waals surface area contributed by atoms with Crippen molar-refractivity contribution in [2.24, 2.45) is 17.6 Å².